The molecule has 0 fully saturated rings. The third kappa shape index (κ3) is 3.55. The molecule has 0 aliphatic carbocycles. The van der Waals surface area contributed by atoms with Crippen molar-refractivity contribution in [1.82, 2.24) is 5.32 Å². The molecule has 2 aromatic carbocycles. The van der Waals surface area contributed by atoms with Crippen molar-refractivity contribution in [2.75, 3.05) is 13.0 Å². The Hall–Kier alpha value is -1.58. The molecule has 0 saturated carbocycles. The molecule has 0 amide bonds. The number of benzene rings is 2. The van der Waals surface area contributed by atoms with Gasteiger partial charge in [0.15, 0.2) is 11.6 Å². The van der Waals surface area contributed by atoms with E-state index in [2.05, 4.69) is 5.32 Å². The molecule has 2 aromatic rings. The number of methoxy groups -OCH3 is 1. The molecule has 0 spiro atoms. The van der Waals surface area contributed by atoms with Crippen LogP contribution in [-0.4, -0.2) is 13.0 Å². The Balaban J connectivity index is 2.18. The second-order valence-corrected chi connectivity index (χ2v) is 5.39. The number of hydrogen-bond donors (Lipinski definition) is 1. The summed E-state index contributed by atoms with van der Waals surface area (Å²) in [6.07, 6.45) is 0. The highest BCUT2D eigenvalue weighted by Crippen LogP contribution is 2.25. The minimum atomic E-state index is -0.418. The van der Waals surface area contributed by atoms with Crippen molar-refractivity contribution in [3.63, 3.8) is 0 Å². The van der Waals surface area contributed by atoms with E-state index in [0.29, 0.717) is 18.0 Å². The Morgan fingerprint density at radius 1 is 1.14 bits per heavy atom. The largest absolute Gasteiger partial charge is 0.494 e. The Morgan fingerprint density at radius 2 is 1.86 bits per heavy atom. The first kappa shape index (κ1) is 15.8. The van der Waals surface area contributed by atoms with Gasteiger partial charge in [0, 0.05) is 18.0 Å². The van der Waals surface area contributed by atoms with Crippen LogP contribution in [0.1, 0.15) is 18.1 Å². The van der Waals surface area contributed by atoms with E-state index in [0.717, 1.165) is 5.56 Å². The highest BCUT2D eigenvalue weighted by Gasteiger charge is 2.25. The van der Waals surface area contributed by atoms with Crippen LogP contribution < -0.4 is 10.1 Å². The fourth-order valence-electron chi connectivity index (χ4n) is 2.17. The number of alkyl halides is 1. The maximum Gasteiger partial charge on any atom is 0.169 e. The topological polar surface area (TPSA) is 21.3 Å². The number of nitrogens with one attached hydrogen (secondary N) is 1. The summed E-state index contributed by atoms with van der Waals surface area (Å²) in [5.41, 5.74) is 1.21. The first-order valence-corrected chi connectivity index (χ1v) is 7.32. The summed E-state index contributed by atoms with van der Waals surface area (Å²) in [5, 5.41) is 3.34. The number of ether oxygens (including phenoxy) is 1. The molecular formula is C17H19ClFNO. The number of halogens is 2. The summed E-state index contributed by atoms with van der Waals surface area (Å²) in [6.45, 7) is 2.38. The molecule has 0 radical (unpaired) electrons. The Morgan fingerprint density at radius 3 is 2.48 bits per heavy atom. The van der Waals surface area contributed by atoms with Gasteiger partial charge in [0.2, 0.25) is 0 Å². The van der Waals surface area contributed by atoms with Crippen molar-refractivity contribution in [2.24, 2.45) is 0 Å². The molecule has 0 bridgehead atoms. The lowest BCUT2D eigenvalue weighted by Crippen LogP contribution is -2.41. The lowest BCUT2D eigenvalue weighted by molar-refractivity contribution is 0.374. The maximum absolute atomic E-state index is 14.2. The Labute approximate surface area is 129 Å². The van der Waals surface area contributed by atoms with E-state index in [1.165, 1.54) is 7.11 Å². The summed E-state index contributed by atoms with van der Waals surface area (Å²) >= 11 is 6.13. The van der Waals surface area contributed by atoms with Crippen molar-refractivity contribution < 1.29 is 9.13 Å². The summed E-state index contributed by atoms with van der Waals surface area (Å²) in [5.74, 6) is 0.307. The molecule has 0 heterocycles. The molecule has 0 aliphatic heterocycles. The molecule has 1 unspecified atom stereocenters. The Bertz CT molecular complexity index is 591. The second kappa shape index (κ2) is 6.92. The predicted octanol–water partition coefficient (Wildman–Crippen LogP) is 4.08. The van der Waals surface area contributed by atoms with Gasteiger partial charge in [0.25, 0.3) is 0 Å². The van der Waals surface area contributed by atoms with Crippen LogP contribution in [0.5, 0.6) is 5.75 Å². The predicted molar refractivity (Wildman–Crippen MR) is 84.3 cm³/mol. The van der Waals surface area contributed by atoms with E-state index >= 15 is 0 Å². The van der Waals surface area contributed by atoms with Gasteiger partial charge in [0.05, 0.1) is 12.6 Å². The van der Waals surface area contributed by atoms with Crippen LogP contribution in [-0.2, 0) is 12.1 Å². The second-order valence-electron chi connectivity index (χ2n) is 5.12. The van der Waals surface area contributed by atoms with Crippen molar-refractivity contribution in [3.8, 4) is 5.75 Å². The molecule has 0 aliphatic rings. The fraction of sp³-hybridized carbons (Fsp3) is 0.294. The third-order valence-electron chi connectivity index (χ3n) is 3.61. The lowest BCUT2D eigenvalue weighted by Gasteiger charge is -2.29. The van der Waals surface area contributed by atoms with Gasteiger partial charge in [-0.1, -0.05) is 42.5 Å². The number of rotatable bonds is 6. The molecule has 0 saturated heterocycles. The van der Waals surface area contributed by atoms with Crippen molar-refractivity contribution in [3.05, 3.63) is 65.5 Å². The van der Waals surface area contributed by atoms with Crippen LogP contribution in [0.3, 0.4) is 0 Å². The molecular weight excluding hydrogens is 289 g/mol. The normalized spacial score (nSPS) is 13.7. The summed E-state index contributed by atoms with van der Waals surface area (Å²) in [7, 11) is 1.46. The van der Waals surface area contributed by atoms with Gasteiger partial charge < -0.3 is 10.1 Å². The molecule has 0 aromatic heterocycles. The zero-order chi connectivity index (χ0) is 15.3. The highest BCUT2D eigenvalue weighted by atomic mass is 35.5. The zero-order valence-electron chi connectivity index (χ0n) is 12.2. The molecule has 1 atom stereocenters. The summed E-state index contributed by atoms with van der Waals surface area (Å²) in [6, 6.07) is 15.0. The quantitative estimate of drug-likeness (QED) is 0.812. The van der Waals surface area contributed by atoms with Gasteiger partial charge in [-0.2, -0.15) is 0 Å². The molecule has 112 valence electrons. The molecule has 21 heavy (non-hydrogen) atoms. The first-order valence-electron chi connectivity index (χ1n) is 6.78. The highest BCUT2D eigenvalue weighted by molar-refractivity contribution is 6.18. The van der Waals surface area contributed by atoms with Crippen LogP contribution >= 0.6 is 11.6 Å². The molecule has 2 nitrogen and oxygen atoms in total. The van der Waals surface area contributed by atoms with E-state index in [9.17, 15) is 4.39 Å². The maximum atomic E-state index is 14.2. The average Bonchev–Trinajstić information content (AvgIpc) is 2.54. The zero-order valence-corrected chi connectivity index (χ0v) is 13.0. The first-order chi connectivity index (χ1) is 10.1. The van der Waals surface area contributed by atoms with E-state index in [1.54, 1.807) is 18.2 Å². The van der Waals surface area contributed by atoms with Crippen molar-refractivity contribution >= 4 is 11.6 Å². The summed E-state index contributed by atoms with van der Waals surface area (Å²) < 4.78 is 19.2. The van der Waals surface area contributed by atoms with Crippen LogP contribution in [0.4, 0.5) is 4.39 Å². The van der Waals surface area contributed by atoms with E-state index in [1.807, 2.05) is 37.3 Å². The molecule has 4 heteroatoms. The van der Waals surface area contributed by atoms with Crippen molar-refractivity contribution in [2.45, 2.75) is 19.0 Å². The lowest BCUT2D eigenvalue weighted by atomic mass is 9.93. The van der Waals surface area contributed by atoms with Crippen LogP contribution in [0.15, 0.2) is 48.5 Å². The molecule has 2 rings (SSSR count). The van der Waals surface area contributed by atoms with Gasteiger partial charge in [-0.15, -0.1) is 11.6 Å². The van der Waals surface area contributed by atoms with Gasteiger partial charge in [-0.05, 0) is 18.6 Å². The van der Waals surface area contributed by atoms with Gasteiger partial charge in [0.1, 0.15) is 0 Å². The minimum absolute atomic E-state index is 0.251. The monoisotopic (exact) mass is 307 g/mol. The van der Waals surface area contributed by atoms with Crippen LogP contribution in [0, 0.1) is 5.82 Å². The van der Waals surface area contributed by atoms with Crippen molar-refractivity contribution in [1.29, 1.82) is 0 Å². The molecule has 1 N–H and O–H groups in total. The van der Waals surface area contributed by atoms with Gasteiger partial charge in [-0.25, -0.2) is 4.39 Å². The summed E-state index contributed by atoms with van der Waals surface area (Å²) in [4.78, 5) is 0. The van der Waals surface area contributed by atoms with Gasteiger partial charge in [-0.3, -0.25) is 0 Å². The van der Waals surface area contributed by atoms with Crippen LogP contribution in [0.2, 0.25) is 0 Å². The van der Waals surface area contributed by atoms with Crippen LogP contribution in [0.25, 0.3) is 0 Å². The SMILES string of the molecule is COc1cccc(CNC(C)(CCl)c2ccccc2)c1F. The van der Waals surface area contributed by atoms with E-state index in [-0.39, 0.29) is 11.6 Å². The number of hydrogen-bond acceptors (Lipinski definition) is 2. The third-order valence-corrected chi connectivity index (χ3v) is 4.14. The van der Waals surface area contributed by atoms with Gasteiger partial charge >= 0.3 is 0 Å². The van der Waals surface area contributed by atoms with E-state index in [4.69, 9.17) is 16.3 Å². The van der Waals surface area contributed by atoms with E-state index < -0.39 is 5.54 Å². The standard InChI is InChI=1S/C17H19ClFNO/c1-17(12-18,14-8-4-3-5-9-14)20-11-13-7-6-10-15(21-2)16(13)19/h3-10,20H,11-12H2,1-2H3. The smallest absolute Gasteiger partial charge is 0.169 e. The minimum Gasteiger partial charge on any atom is -0.494 e. The average molecular weight is 308 g/mol. The Kier molecular flexibility index (Phi) is 5.21. The fourth-order valence-corrected chi connectivity index (χ4v) is 2.42.